The molecule has 0 unspecified atom stereocenters. The minimum atomic E-state index is -0.0945. The van der Waals surface area contributed by atoms with Crippen molar-refractivity contribution in [3.8, 4) is 0 Å². The number of hydrogen-bond acceptors (Lipinski definition) is 3. The predicted octanol–water partition coefficient (Wildman–Crippen LogP) is 3.21. The molecule has 1 heterocycles. The fourth-order valence-electron chi connectivity index (χ4n) is 3.79. The number of carbonyl (C=O) groups excluding carboxylic acids is 2. The Morgan fingerprint density at radius 3 is 2.63 bits per heavy atom. The zero-order chi connectivity index (χ0) is 18.6. The van der Waals surface area contributed by atoms with Crippen LogP contribution in [-0.2, 0) is 16.0 Å². The number of nitrogens with one attached hydrogen (secondary N) is 1. The molecule has 1 aliphatic carbocycles. The highest BCUT2D eigenvalue weighted by atomic mass is 16.2. The first-order chi connectivity index (χ1) is 13.2. The summed E-state index contributed by atoms with van der Waals surface area (Å²) in [6, 6.07) is 18.2. The summed E-state index contributed by atoms with van der Waals surface area (Å²) in [4.78, 5) is 24.7. The van der Waals surface area contributed by atoms with Gasteiger partial charge in [0.05, 0.1) is 18.3 Å². The summed E-state index contributed by atoms with van der Waals surface area (Å²) in [5.74, 6) is -0.167. The van der Waals surface area contributed by atoms with Gasteiger partial charge in [-0.25, -0.2) is 5.01 Å². The fourth-order valence-corrected chi connectivity index (χ4v) is 3.79. The van der Waals surface area contributed by atoms with Gasteiger partial charge in [-0.3, -0.25) is 9.59 Å². The van der Waals surface area contributed by atoms with Crippen LogP contribution in [0.2, 0.25) is 0 Å². The van der Waals surface area contributed by atoms with Gasteiger partial charge in [0.15, 0.2) is 0 Å². The number of hydrogen-bond donors (Lipinski definition) is 1. The van der Waals surface area contributed by atoms with Crippen LogP contribution in [0.5, 0.6) is 0 Å². The predicted molar refractivity (Wildman–Crippen MR) is 104 cm³/mol. The first-order valence-corrected chi connectivity index (χ1v) is 9.51. The smallest absolute Gasteiger partial charge is 0.243 e. The van der Waals surface area contributed by atoms with Crippen molar-refractivity contribution in [3.63, 3.8) is 0 Å². The maximum Gasteiger partial charge on any atom is 0.243 e. The minimum Gasteiger partial charge on any atom is -0.349 e. The largest absolute Gasteiger partial charge is 0.349 e. The van der Waals surface area contributed by atoms with Crippen molar-refractivity contribution in [1.29, 1.82) is 0 Å². The third-order valence-electron chi connectivity index (χ3n) is 5.23. The molecule has 1 aliphatic heterocycles. The van der Waals surface area contributed by atoms with Crippen molar-refractivity contribution in [2.45, 2.75) is 38.1 Å². The molecule has 1 atom stereocenters. The number of amides is 2. The highest BCUT2D eigenvalue weighted by molar-refractivity contribution is 6.02. The molecule has 0 radical (unpaired) electrons. The van der Waals surface area contributed by atoms with Crippen LogP contribution < -0.4 is 5.32 Å². The Kier molecular flexibility index (Phi) is 5.01. The van der Waals surface area contributed by atoms with Crippen LogP contribution >= 0.6 is 0 Å². The summed E-state index contributed by atoms with van der Waals surface area (Å²) in [6.45, 7) is 0.584. The Morgan fingerprint density at radius 2 is 1.78 bits per heavy atom. The number of benzene rings is 2. The molecule has 0 saturated carbocycles. The molecule has 27 heavy (non-hydrogen) atoms. The molecule has 0 aromatic heterocycles. The van der Waals surface area contributed by atoms with Crippen LogP contribution in [0.1, 0.15) is 48.4 Å². The molecule has 138 valence electrons. The van der Waals surface area contributed by atoms with E-state index in [4.69, 9.17) is 0 Å². The van der Waals surface area contributed by atoms with Crippen molar-refractivity contribution in [1.82, 2.24) is 10.3 Å². The van der Waals surface area contributed by atoms with E-state index < -0.39 is 0 Å². The molecule has 0 bridgehead atoms. The van der Waals surface area contributed by atoms with E-state index in [1.807, 2.05) is 42.5 Å². The summed E-state index contributed by atoms with van der Waals surface area (Å²) < 4.78 is 0. The molecule has 0 saturated heterocycles. The highest BCUT2D eigenvalue weighted by Crippen LogP contribution is 2.30. The van der Waals surface area contributed by atoms with Crippen LogP contribution in [0.4, 0.5) is 0 Å². The number of hydrazone groups is 1. The molecule has 4 rings (SSSR count). The van der Waals surface area contributed by atoms with E-state index in [1.54, 1.807) is 0 Å². The summed E-state index contributed by atoms with van der Waals surface area (Å²) >= 11 is 0. The van der Waals surface area contributed by atoms with Crippen molar-refractivity contribution >= 4 is 17.5 Å². The molecule has 2 amide bonds. The van der Waals surface area contributed by atoms with E-state index in [1.165, 1.54) is 16.1 Å². The number of carbonyl (C=O) groups is 2. The van der Waals surface area contributed by atoms with E-state index in [9.17, 15) is 9.59 Å². The van der Waals surface area contributed by atoms with Crippen molar-refractivity contribution < 1.29 is 9.59 Å². The van der Waals surface area contributed by atoms with E-state index in [0.29, 0.717) is 6.54 Å². The van der Waals surface area contributed by atoms with E-state index >= 15 is 0 Å². The summed E-state index contributed by atoms with van der Waals surface area (Å²) in [7, 11) is 0. The molecule has 0 spiro atoms. The monoisotopic (exact) mass is 361 g/mol. The van der Waals surface area contributed by atoms with Gasteiger partial charge in [-0.15, -0.1) is 0 Å². The van der Waals surface area contributed by atoms with Crippen LogP contribution in [0.25, 0.3) is 0 Å². The van der Waals surface area contributed by atoms with Gasteiger partial charge in [-0.2, -0.15) is 5.10 Å². The topological polar surface area (TPSA) is 61.8 Å². The highest BCUT2D eigenvalue weighted by Gasteiger charge is 2.25. The van der Waals surface area contributed by atoms with E-state index in [2.05, 4.69) is 22.6 Å². The zero-order valence-corrected chi connectivity index (χ0v) is 15.2. The Balaban J connectivity index is 1.29. The number of fused-ring (bicyclic) bond motifs is 1. The average Bonchev–Trinajstić information content (AvgIpc) is 3.35. The first-order valence-electron chi connectivity index (χ1n) is 9.51. The van der Waals surface area contributed by atoms with Crippen molar-refractivity contribution in [2.24, 2.45) is 5.10 Å². The summed E-state index contributed by atoms with van der Waals surface area (Å²) in [5, 5.41) is 9.01. The molecule has 0 fully saturated rings. The van der Waals surface area contributed by atoms with E-state index in [-0.39, 0.29) is 30.7 Å². The van der Waals surface area contributed by atoms with Gasteiger partial charge in [-0.1, -0.05) is 54.6 Å². The Morgan fingerprint density at radius 1 is 1.00 bits per heavy atom. The van der Waals surface area contributed by atoms with Crippen LogP contribution in [0.15, 0.2) is 59.7 Å². The lowest BCUT2D eigenvalue weighted by Gasteiger charge is -2.15. The first kappa shape index (κ1) is 17.5. The lowest BCUT2D eigenvalue weighted by Crippen LogP contribution is -2.29. The maximum atomic E-state index is 12.4. The average molecular weight is 361 g/mol. The molecular formula is C22H23N3O2. The van der Waals surface area contributed by atoms with Crippen LogP contribution in [-0.4, -0.2) is 29.1 Å². The second-order valence-corrected chi connectivity index (χ2v) is 7.04. The standard InChI is InChI=1S/C22H23N3O2/c26-21(23-20-11-10-16-6-4-5-9-18(16)20)12-13-22(27)25-15-14-19(24-25)17-7-2-1-3-8-17/h1-9,20H,10-15H2,(H,23,26)/t20-/m1/s1. The van der Waals surface area contributed by atoms with E-state index in [0.717, 1.165) is 30.5 Å². The minimum absolute atomic E-state index is 0.0679. The van der Waals surface area contributed by atoms with Crippen molar-refractivity contribution in [3.05, 3.63) is 71.3 Å². The second kappa shape index (κ2) is 7.74. The molecule has 2 aromatic rings. The van der Waals surface area contributed by atoms with Gasteiger partial charge < -0.3 is 5.32 Å². The molecule has 5 heteroatoms. The normalized spacial score (nSPS) is 18.1. The number of nitrogens with zero attached hydrogens (tertiary/aromatic N) is 2. The quantitative estimate of drug-likeness (QED) is 0.889. The fraction of sp³-hybridized carbons (Fsp3) is 0.318. The van der Waals surface area contributed by atoms with Gasteiger partial charge >= 0.3 is 0 Å². The Hall–Kier alpha value is -2.95. The van der Waals surface area contributed by atoms with Gasteiger partial charge in [0.1, 0.15) is 0 Å². The Bertz CT molecular complexity index is 876. The van der Waals surface area contributed by atoms with Gasteiger partial charge in [0, 0.05) is 19.3 Å². The third-order valence-corrected chi connectivity index (χ3v) is 5.23. The lowest BCUT2D eigenvalue weighted by atomic mass is 10.1. The van der Waals surface area contributed by atoms with Gasteiger partial charge in [0.2, 0.25) is 11.8 Å². The number of aryl methyl sites for hydroxylation is 1. The lowest BCUT2D eigenvalue weighted by molar-refractivity contribution is -0.133. The SMILES string of the molecule is O=C(CCC(=O)N1CCC(c2ccccc2)=N1)N[C@@H]1CCc2ccccc21. The number of rotatable bonds is 5. The molecule has 5 nitrogen and oxygen atoms in total. The zero-order valence-electron chi connectivity index (χ0n) is 15.2. The summed E-state index contributed by atoms with van der Waals surface area (Å²) in [6.07, 6.45) is 3.05. The molecular weight excluding hydrogens is 338 g/mol. The van der Waals surface area contributed by atoms with Crippen molar-refractivity contribution in [2.75, 3.05) is 6.54 Å². The second-order valence-electron chi connectivity index (χ2n) is 7.04. The van der Waals surface area contributed by atoms with Gasteiger partial charge in [0.25, 0.3) is 0 Å². The maximum absolute atomic E-state index is 12.4. The molecule has 1 N–H and O–H groups in total. The summed E-state index contributed by atoms with van der Waals surface area (Å²) in [5.41, 5.74) is 4.48. The third kappa shape index (κ3) is 3.92. The Labute approximate surface area is 159 Å². The van der Waals surface area contributed by atoms with Crippen LogP contribution in [0.3, 0.4) is 0 Å². The van der Waals surface area contributed by atoms with Crippen LogP contribution in [0, 0.1) is 0 Å². The molecule has 2 aliphatic rings. The molecule has 2 aromatic carbocycles. The van der Waals surface area contributed by atoms with Gasteiger partial charge in [-0.05, 0) is 29.5 Å².